The zero-order valence-corrected chi connectivity index (χ0v) is 11.8. The summed E-state index contributed by atoms with van der Waals surface area (Å²) in [5, 5.41) is 52.0. The first-order valence-corrected chi connectivity index (χ1v) is 6.67. The lowest BCUT2D eigenvalue weighted by Gasteiger charge is -2.40. The molecule has 1 aliphatic rings. The monoisotopic (exact) mass is 314 g/mol. The van der Waals surface area contributed by atoms with Gasteiger partial charge in [-0.05, 0) is 12.5 Å². The standard InChI is InChI=1S/C13H18N2O7/c1-6-2-3-7(15(20)21)4-8(6)14-13-12(19)11(18)10(17)9(5-16)22-13/h2-4,9-14,16-19H,5H2,1H3/t9-,10+,11+,12+,13-/m1/s1. The maximum absolute atomic E-state index is 10.8. The van der Waals surface area contributed by atoms with Gasteiger partial charge in [0.15, 0.2) is 6.23 Å². The molecule has 1 fully saturated rings. The molecule has 1 aliphatic heterocycles. The molecule has 1 aromatic carbocycles. The lowest BCUT2D eigenvalue weighted by molar-refractivity contribution is -0.384. The number of hydrogen-bond acceptors (Lipinski definition) is 8. The Morgan fingerprint density at radius 3 is 2.55 bits per heavy atom. The number of benzene rings is 1. The number of hydrogen-bond donors (Lipinski definition) is 5. The Morgan fingerprint density at radius 1 is 1.27 bits per heavy atom. The van der Waals surface area contributed by atoms with Crippen LogP contribution >= 0.6 is 0 Å². The van der Waals surface area contributed by atoms with Crippen molar-refractivity contribution in [3.63, 3.8) is 0 Å². The molecule has 2 rings (SSSR count). The van der Waals surface area contributed by atoms with Crippen LogP contribution in [0.15, 0.2) is 18.2 Å². The molecule has 0 unspecified atom stereocenters. The maximum atomic E-state index is 10.8. The molecule has 122 valence electrons. The van der Waals surface area contributed by atoms with Gasteiger partial charge in [-0.1, -0.05) is 6.07 Å². The third-order valence-electron chi connectivity index (χ3n) is 3.62. The number of non-ortho nitro benzene ring substituents is 1. The number of rotatable bonds is 4. The summed E-state index contributed by atoms with van der Waals surface area (Å²) in [5.41, 5.74) is 0.874. The number of nitro benzene ring substituents is 1. The van der Waals surface area contributed by atoms with Crippen molar-refractivity contribution < 1.29 is 30.1 Å². The molecule has 0 spiro atoms. The Kier molecular flexibility index (Phi) is 4.94. The average molecular weight is 314 g/mol. The minimum atomic E-state index is -1.51. The highest BCUT2D eigenvalue weighted by Crippen LogP contribution is 2.27. The molecule has 0 radical (unpaired) electrons. The van der Waals surface area contributed by atoms with Crippen LogP contribution in [0, 0.1) is 17.0 Å². The van der Waals surface area contributed by atoms with E-state index in [0.29, 0.717) is 11.3 Å². The summed E-state index contributed by atoms with van der Waals surface area (Å²) in [4.78, 5) is 10.2. The van der Waals surface area contributed by atoms with Crippen LogP contribution in [0.3, 0.4) is 0 Å². The molecule has 0 aliphatic carbocycles. The van der Waals surface area contributed by atoms with E-state index >= 15 is 0 Å². The van der Waals surface area contributed by atoms with Crippen molar-refractivity contribution in [2.75, 3.05) is 11.9 Å². The molecule has 0 saturated carbocycles. The minimum Gasteiger partial charge on any atom is -0.394 e. The summed E-state index contributed by atoms with van der Waals surface area (Å²) < 4.78 is 5.30. The van der Waals surface area contributed by atoms with Crippen LogP contribution in [0.4, 0.5) is 11.4 Å². The van der Waals surface area contributed by atoms with Gasteiger partial charge in [-0.25, -0.2) is 0 Å². The lowest BCUT2D eigenvalue weighted by Crippen LogP contribution is -2.60. The molecule has 22 heavy (non-hydrogen) atoms. The maximum Gasteiger partial charge on any atom is 0.271 e. The topological polar surface area (TPSA) is 145 Å². The molecule has 5 N–H and O–H groups in total. The summed E-state index contributed by atoms with van der Waals surface area (Å²) in [6.45, 7) is 1.16. The van der Waals surface area contributed by atoms with E-state index in [2.05, 4.69) is 5.32 Å². The van der Waals surface area contributed by atoms with Crippen molar-refractivity contribution in [3.05, 3.63) is 33.9 Å². The molecule has 9 nitrogen and oxygen atoms in total. The average Bonchev–Trinajstić information content (AvgIpc) is 2.49. The van der Waals surface area contributed by atoms with Crippen molar-refractivity contribution in [2.45, 2.75) is 37.6 Å². The molecule has 0 bridgehead atoms. The number of nitrogens with zero attached hydrogens (tertiary/aromatic N) is 1. The van der Waals surface area contributed by atoms with Crippen molar-refractivity contribution in [2.24, 2.45) is 0 Å². The first-order chi connectivity index (χ1) is 10.3. The van der Waals surface area contributed by atoms with Crippen LogP contribution in [0.1, 0.15) is 5.56 Å². The van der Waals surface area contributed by atoms with E-state index in [9.17, 15) is 25.4 Å². The Balaban J connectivity index is 2.22. The number of nitrogens with one attached hydrogen (secondary N) is 1. The Morgan fingerprint density at radius 2 is 1.95 bits per heavy atom. The fourth-order valence-corrected chi connectivity index (χ4v) is 2.25. The van der Waals surface area contributed by atoms with E-state index in [-0.39, 0.29) is 5.69 Å². The predicted molar refractivity (Wildman–Crippen MR) is 75.2 cm³/mol. The predicted octanol–water partition coefficient (Wildman–Crippen LogP) is -0.885. The van der Waals surface area contributed by atoms with Crippen molar-refractivity contribution >= 4 is 11.4 Å². The third kappa shape index (κ3) is 3.18. The molecule has 1 aromatic rings. The van der Waals surface area contributed by atoms with Gasteiger partial charge in [-0.2, -0.15) is 0 Å². The summed E-state index contributed by atoms with van der Waals surface area (Å²) >= 11 is 0. The van der Waals surface area contributed by atoms with Gasteiger partial charge in [0.2, 0.25) is 0 Å². The van der Waals surface area contributed by atoms with Gasteiger partial charge in [-0.3, -0.25) is 10.1 Å². The van der Waals surface area contributed by atoms with E-state index in [1.807, 2.05) is 0 Å². The zero-order chi connectivity index (χ0) is 16.4. The number of aliphatic hydroxyl groups is 4. The summed E-state index contributed by atoms with van der Waals surface area (Å²) in [5.74, 6) is 0. The van der Waals surface area contributed by atoms with Crippen molar-refractivity contribution in [1.82, 2.24) is 0 Å². The minimum absolute atomic E-state index is 0.141. The molecular formula is C13H18N2O7. The second-order valence-electron chi connectivity index (χ2n) is 5.15. The van der Waals surface area contributed by atoms with Crippen LogP contribution in [0.2, 0.25) is 0 Å². The fourth-order valence-electron chi connectivity index (χ4n) is 2.25. The van der Waals surface area contributed by atoms with Crippen molar-refractivity contribution in [3.8, 4) is 0 Å². The van der Waals surface area contributed by atoms with Gasteiger partial charge in [0, 0.05) is 17.8 Å². The number of nitro groups is 1. The van der Waals surface area contributed by atoms with Gasteiger partial charge in [0.1, 0.15) is 24.4 Å². The normalized spacial score (nSPS) is 31.8. The van der Waals surface area contributed by atoms with Crippen LogP contribution < -0.4 is 5.32 Å². The highest BCUT2D eigenvalue weighted by atomic mass is 16.6. The molecule has 1 heterocycles. The number of anilines is 1. The van der Waals surface area contributed by atoms with E-state index < -0.39 is 42.2 Å². The fraction of sp³-hybridized carbons (Fsp3) is 0.538. The van der Waals surface area contributed by atoms with E-state index in [1.165, 1.54) is 18.2 Å². The molecule has 9 heteroatoms. The first-order valence-electron chi connectivity index (χ1n) is 6.67. The number of aliphatic hydroxyl groups excluding tert-OH is 4. The molecule has 5 atom stereocenters. The molecular weight excluding hydrogens is 296 g/mol. The number of aryl methyl sites for hydroxylation is 1. The Bertz CT molecular complexity index is 551. The van der Waals surface area contributed by atoms with Gasteiger partial charge in [-0.15, -0.1) is 0 Å². The van der Waals surface area contributed by atoms with Gasteiger partial charge >= 0.3 is 0 Å². The summed E-state index contributed by atoms with van der Waals surface area (Å²) in [6.07, 6.45) is -6.60. The van der Waals surface area contributed by atoms with Crippen LogP contribution in [0.25, 0.3) is 0 Å². The van der Waals surface area contributed by atoms with Gasteiger partial charge < -0.3 is 30.5 Å². The van der Waals surface area contributed by atoms with Crippen LogP contribution in [-0.4, -0.2) is 62.6 Å². The van der Waals surface area contributed by atoms with E-state index in [1.54, 1.807) is 6.92 Å². The van der Waals surface area contributed by atoms with Crippen LogP contribution in [0.5, 0.6) is 0 Å². The summed E-state index contributed by atoms with van der Waals surface area (Å²) in [7, 11) is 0. The zero-order valence-electron chi connectivity index (χ0n) is 11.8. The molecule has 0 amide bonds. The van der Waals surface area contributed by atoms with E-state index in [0.717, 1.165) is 0 Å². The largest absolute Gasteiger partial charge is 0.394 e. The lowest BCUT2D eigenvalue weighted by atomic mass is 9.98. The van der Waals surface area contributed by atoms with Gasteiger partial charge in [0.25, 0.3) is 5.69 Å². The second-order valence-corrected chi connectivity index (χ2v) is 5.15. The van der Waals surface area contributed by atoms with Crippen LogP contribution in [-0.2, 0) is 4.74 Å². The quantitative estimate of drug-likeness (QED) is 0.355. The van der Waals surface area contributed by atoms with Gasteiger partial charge in [0.05, 0.1) is 11.5 Å². The third-order valence-corrected chi connectivity index (χ3v) is 3.62. The second kappa shape index (κ2) is 6.55. The molecule has 0 aromatic heterocycles. The Hall–Kier alpha value is -1.78. The highest BCUT2D eigenvalue weighted by molar-refractivity contribution is 5.57. The SMILES string of the molecule is Cc1ccc([N+](=O)[O-])cc1N[C@@H]1O[C@H](CO)[C@H](O)[C@H](O)[C@@H]1O. The highest BCUT2D eigenvalue weighted by Gasteiger charge is 2.43. The van der Waals surface area contributed by atoms with E-state index in [4.69, 9.17) is 9.84 Å². The summed E-state index contributed by atoms with van der Waals surface area (Å²) in [6, 6.07) is 4.15. The number of ether oxygens (including phenoxy) is 1. The Labute approximate surface area is 125 Å². The molecule has 1 saturated heterocycles. The van der Waals surface area contributed by atoms with Crippen molar-refractivity contribution in [1.29, 1.82) is 0 Å². The first kappa shape index (κ1) is 16.6. The smallest absolute Gasteiger partial charge is 0.271 e.